The van der Waals surface area contributed by atoms with Crippen molar-refractivity contribution >= 4 is 23.6 Å². The number of carbonyl (C=O) groups excluding carboxylic acids is 2. The molecule has 21 heavy (non-hydrogen) atoms. The van der Waals surface area contributed by atoms with E-state index in [9.17, 15) is 14.7 Å². The van der Waals surface area contributed by atoms with Crippen molar-refractivity contribution in [1.82, 2.24) is 10.6 Å². The van der Waals surface area contributed by atoms with Crippen LogP contribution in [-0.4, -0.2) is 47.6 Å². The summed E-state index contributed by atoms with van der Waals surface area (Å²) in [5.41, 5.74) is 0.368. The summed E-state index contributed by atoms with van der Waals surface area (Å²) in [6, 6.07) is 0. The quantitative estimate of drug-likeness (QED) is 0.488. The standard InChI is InChI=1S/C15H26N2O3S/c1-15(20,11-21-2)10-17-14(19)13(18)16-9-8-12-6-4-3-5-7-12/h6,20H,3-5,7-11H2,1-2H3,(H,16,18)(H,17,19). The molecule has 0 bridgehead atoms. The Labute approximate surface area is 130 Å². The summed E-state index contributed by atoms with van der Waals surface area (Å²) in [5.74, 6) is -0.816. The molecule has 1 atom stereocenters. The molecule has 0 radical (unpaired) electrons. The fraction of sp³-hybridized carbons (Fsp3) is 0.733. The molecular weight excluding hydrogens is 288 g/mol. The molecule has 0 aliphatic heterocycles. The van der Waals surface area contributed by atoms with E-state index in [-0.39, 0.29) is 6.54 Å². The average molecular weight is 314 g/mol. The molecule has 1 unspecified atom stereocenters. The molecule has 0 saturated carbocycles. The normalized spacial score (nSPS) is 17.6. The summed E-state index contributed by atoms with van der Waals surface area (Å²) in [4.78, 5) is 23.3. The third-order valence-electron chi connectivity index (χ3n) is 3.41. The molecule has 3 N–H and O–H groups in total. The second-order valence-corrected chi connectivity index (χ2v) is 6.59. The van der Waals surface area contributed by atoms with E-state index in [0.717, 1.165) is 19.3 Å². The van der Waals surface area contributed by atoms with Gasteiger partial charge < -0.3 is 15.7 Å². The van der Waals surface area contributed by atoms with Gasteiger partial charge in [-0.3, -0.25) is 9.59 Å². The molecule has 0 saturated heterocycles. The Morgan fingerprint density at radius 2 is 2.05 bits per heavy atom. The smallest absolute Gasteiger partial charge is 0.309 e. The first-order valence-corrected chi connectivity index (χ1v) is 8.79. The Kier molecular flexibility index (Phi) is 7.82. The van der Waals surface area contributed by atoms with Crippen molar-refractivity contribution in [1.29, 1.82) is 0 Å². The van der Waals surface area contributed by atoms with Crippen LogP contribution in [0.3, 0.4) is 0 Å². The topological polar surface area (TPSA) is 78.4 Å². The first kappa shape index (κ1) is 18.0. The van der Waals surface area contributed by atoms with E-state index in [0.29, 0.717) is 12.3 Å². The van der Waals surface area contributed by atoms with Crippen LogP contribution in [-0.2, 0) is 9.59 Å². The van der Waals surface area contributed by atoms with Crippen LogP contribution >= 0.6 is 11.8 Å². The Bertz CT molecular complexity index is 394. The first-order valence-electron chi connectivity index (χ1n) is 7.40. The maximum Gasteiger partial charge on any atom is 0.309 e. The largest absolute Gasteiger partial charge is 0.387 e. The molecule has 0 spiro atoms. The van der Waals surface area contributed by atoms with E-state index in [4.69, 9.17) is 0 Å². The molecule has 0 fully saturated rings. The summed E-state index contributed by atoms with van der Waals surface area (Å²) in [6.07, 6.45) is 9.59. The van der Waals surface area contributed by atoms with Crippen molar-refractivity contribution in [3.05, 3.63) is 11.6 Å². The number of carbonyl (C=O) groups is 2. The molecule has 1 rings (SSSR count). The lowest BCUT2D eigenvalue weighted by Gasteiger charge is -2.22. The number of hydrogen-bond acceptors (Lipinski definition) is 4. The van der Waals surface area contributed by atoms with E-state index < -0.39 is 17.4 Å². The molecular formula is C15H26N2O3S. The van der Waals surface area contributed by atoms with Crippen LogP contribution in [0.5, 0.6) is 0 Å². The monoisotopic (exact) mass is 314 g/mol. The van der Waals surface area contributed by atoms with Gasteiger partial charge in [0.1, 0.15) is 0 Å². The second-order valence-electron chi connectivity index (χ2n) is 5.73. The van der Waals surface area contributed by atoms with Gasteiger partial charge in [0.2, 0.25) is 0 Å². The van der Waals surface area contributed by atoms with Gasteiger partial charge >= 0.3 is 11.8 Å². The predicted octanol–water partition coefficient (Wildman–Crippen LogP) is 1.22. The molecule has 1 aliphatic carbocycles. The Morgan fingerprint density at radius 3 is 2.67 bits per heavy atom. The summed E-state index contributed by atoms with van der Waals surface area (Å²) in [5, 5.41) is 15.0. The highest BCUT2D eigenvalue weighted by Crippen LogP contribution is 2.19. The summed E-state index contributed by atoms with van der Waals surface area (Å²) in [7, 11) is 0. The summed E-state index contributed by atoms with van der Waals surface area (Å²) < 4.78 is 0. The molecule has 0 aromatic rings. The van der Waals surface area contributed by atoms with Gasteiger partial charge in [0.15, 0.2) is 0 Å². The van der Waals surface area contributed by atoms with Crippen LogP contribution in [0.15, 0.2) is 11.6 Å². The lowest BCUT2D eigenvalue weighted by atomic mass is 9.97. The van der Waals surface area contributed by atoms with Crippen LogP contribution in [0.1, 0.15) is 39.0 Å². The van der Waals surface area contributed by atoms with E-state index in [1.54, 1.807) is 6.92 Å². The average Bonchev–Trinajstić information content (AvgIpc) is 2.46. The highest BCUT2D eigenvalue weighted by atomic mass is 32.2. The number of thioether (sulfide) groups is 1. The molecule has 120 valence electrons. The molecule has 0 heterocycles. The molecule has 2 amide bonds. The number of rotatable bonds is 7. The lowest BCUT2D eigenvalue weighted by molar-refractivity contribution is -0.139. The van der Waals surface area contributed by atoms with Gasteiger partial charge in [-0.05, 0) is 45.3 Å². The zero-order chi connectivity index (χ0) is 15.7. The van der Waals surface area contributed by atoms with E-state index in [2.05, 4.69) is 16.7 Å². The number of nitrogens with one attached hydrogen (secondary N) is 2. The van der Waals surface area contributed by atoms with Crippen molar-refractivity contribution in [3.63, 3.8) is 0 Å². The number of amides is 2. The highest BCUT2D eigenvalue weighted by molar-refractivity contribution is 7.98. The maximum absolute atomic E-state index is 11.6. The minimum absolute atomic E-state index is 0.0746. The van der Waals surface area contributed by atoms with Crippen molar-refractivity contribution in [3.8, 4) is 0 Å². The van der Waals surface area contributed by atoms with Crippen LogP contribution in [0.4, 0.5) is 0 Å². The fourth-order valence-electron chi connectivity index (χ4n) is 2.26. The van der Waals surface area contributed by atoms with Gasteiger partial charge in [0.25, 0.3) is 0 Å². The van der Waals surface area contributed by atoms with Crippen molar-refractivity contribution < 1.29 is 14.7 Å². The maximum atomic E-state index is 11.6. The van der Waals surface area contributed by atoms with Crippen LogP contribution in [0, 0.1) is 0 Å². The van der Waals surface area contributed by atoms with Gasteiger partial charge in [0, 0.05) is 18.8 Å². The van der Waals surface area contributed by atoms with Crippen molar-refractivity contribution in [2.75, 3.05) is 25.1 Å². The summed E-state index contributed by atoms with van der Waals surface area (Å²) >= 11 is 1.49. The minimum Gasteiger partial charge on any atom is -0.387 e. The number of aliphatic hydroxyl groups is 1. The SMILES string of the molecule is CSCC(C)(O)CNC(=O)C(=O)NCCC1=CCCCC1. The number of hydrogen-bond donors (Lipinski definition) is 3. The van der Waals surface area contributed by atoms with Crippen molar-refractivity contribution in [2.24, 2.45) is 0 Å². The van der Waals surface area contributed by atoms with Crippen LogP contribution in [0.2, 0.25) is 0 Å². The van der Waals surface area contributed by atoms with Gasteiger partial charge in [-0.1, -0.05) is 11.6 Å². The van der Waals surface area contributed by atoms with Crippen molar-refractivity contribution in [2.45, 2.75) is 44.6 Å². The van der Waals surface area contributed by atoms with E-state index >= 15 is 0 Å². The molecule has 6 heteroatoms. The molecule has 0 aromatic heterocycles. The highest BCUT2D eigenvalue weighted by Gasteiger charge is 2.22. The Hall–Kier alpha value is -1.01. The predicted molar refractivity (Wildman–Crippen MR) is 86.2 cm³/mol. The van der Waals surface area contributed by atoms with Gasteiger partial charge in [0.05, 0.1) is 5.60 Å². The summed E-state index contributed by atoms with van der Waals surface area (Å²) in [6.45, 7) is 2.20. The Balaban J connectivity index is 2.22. The molecule has 1 aliphatic rings. The zero-order valence-corrected chi connectivity index (χ0v) is 13.7. The zero-order valence-electron chi connectivity index (χ0n) is 12.9. The third-order valence-corrected chi connectivity index (χ3v) is 4.32. The van der Waals surface area contributed by atoms with Gasteiger partial charge in [-0.25, -0.2) is 0 Å². The Morgan fingerprint density at radius 1 is 1.33 bits per heavy atom. The van der Waals surface area contributed by atoms with E-state index in [1.165, 1.54) is 30.2 Å². The first-order chi connectivity index (χ1) is 9.94. The molecule has 0 aromatic carbocycles. The van der Waals surface area contributed by atoms with Gasteiger partial charge in [-0.15, -0.1) is 0 Å². The fourth-order valence-corrected chi connectivity index (χ4v) is 2.99. The third kappa shape index (κ3) is 7.52. The van der Waals surface area contributed by atoms with Crippen LogP contribution in [0.25, 0.3) is 0 Å². The van der Waals surface area contributed by atoms with Crippen LogP contribution < -0.4 is 10.6 Å². The minimum atomic E-state index is -0.998. The second kappa shape index (κ2) is 9.10. The van der Waals surface area contributed by atoms with E-state index in [1.807, 2.05) is 6.26 Å². The molecule has 5 nitrogen and oxygen atoms in total. The van der Waals surface area contributed by atoms with Gasteiger partial charge in [-0.2, -0.15) is 11.8 Å². The number of allylic oxidation sites excluding steroid dienone is 1. The lowest BCUT2D eigenvalue weighted by Crippen LogP contribution is -2.47.